The molecule has 0 spiro atoms. The maximum atomic E-state index is 11.7. The monoisotopic (exact) mass is 238 g/mol. The first-order valence-corrected chi connectivity index (χ1v) is 5.50. The zero-order valence-electron chi connectivity index (χ0n) is 9.45. The van der Waals surface area contributed by atoms with Crippen LogP contribution >= 0.6 is 0 Å². The Morgan fingerprint density at radius 2 is 2.00 bits per heavy atom. The van der Waals surface area contributed by atoms with E-state index in [0.29, 0.717) is 11.2 Å². The van der Waals surface area contributed by atoms with Gasteiger partial charge >= 0.3 is 5.69 Å². The van der Waals surface area contributed by atoms with E-state index in [1.54, 1.807) is 24.5 Å². The molecule has 0 unspecified atom stereocenters. The minimum Gasteiger partial charge on any atom is -0.303 e. The van der Waals surface area contributed by atoms with Crippen LogP contribution in [0, 0.1) is 0 Å². The number of benzene rings is 1. The number of aromatic amines is 1. The molecule has 3 aromatic rings. The molecule has 18 heavy (non-hydrogen) atoms. The summed E-state index contributed by atoms with van der Waals surface area (Å²) in [5.41, 5.74) is 1.83. The maximum absolute atomic E-state index is 11.7. The molecule has 1 N–H and O–H groups in total. The van der Waals surface area contributed by atoms with Crippen LogP contribution in [0.4, 0.5) is 0 Å². The first-order chi connectivity index (χ1) is 8.84. The first-order valence-electron chi connectivity index (χ1n) is 5.50. The third kappa shape index (κ3) is 1.82. The lowest BCUT2D eigenvalue weighted by Crippen LogP contribution is -2.12. The second-order valence-electron chi connectivity index (χ2n) is 3.77. The van der Waals surface area contributed by atoms with Crippen molar-refractivity contribution in [2.75, 3.05) is 0 Å². The molecule has 5 heteroatoms. The number of hydrogen-bond donors (Lipinski definition) is 1. The highest BCUT2D eigenvalue weighted by atomic mass is 16.2. The fraction of sp³-hybridized carbons (Fsp3) is 0. The number of H-pyrrole nitrogens is 1. The number of nitrogens with zero attached hydrogens (tertiary/aromatic N) is 3. The molecule has 2 aromatic heterocycles. The van der Waals surface area contributed by atoms with Gasteiger partial charge in [-0.1, -0.05) is 30.3 Å². The van der Waals surface area contributed by atoms with Crippen LogP contribution < -0.4 is 5.69 Å². The summed E-state index contributed by atoms with van der Waals surface area (Å²) in [7, 11) is 0. The Labute approximate surface area is 102 Å². The van der Waals surface area contributed by atoms with E-state index < -0.39 is 0 Å². The van der Waals surface area contributed by atoms with Crippen molar-refractivity contribution in [3.05, 3.63) is 64.7 Å². The highest BCUT2D eigenvalue weighted by Crippen LogP contribution is 2.05. The van der Waals surface area contributed by atoms with E-state index in [4.69, 9.17) is 0 Å². The second-order valence-corrected chi connectivity index (χ2v) is 3.77. The van der Waals surface area contributed by atoms with Crippen molar-refractivity contribution in [1.29, 1.82) is 0 Å². The minimum absolute atomic E-state index is 0.295. The zero-order valence-corrected chi connectivity index (χ0v) is 9.45. The molecule has 3 rings (SSSR count). The Morgan fingerprint density at radius 3 is 2.83 bits per heavy atom. The summed E-state index contributed by atoms with van der Waals surface area (Å²) in [4.78, 5) is 18.5. The number of aromatic nitrogens is 3. The van der Waals surface area contributed by atoms with E-state index in [1.165, 1.54) is 4.68 Å². The Hall–Kier alpha value is -2.69. The third-order valence-electron chi connectivity index (χ3n) is 2.54. The van der Waals surface area contributed by atoms with Crippen molar-refractivity contribution < 1.29 is 0 Å². The molecule has 0 radical (unpaired) electrons. The van der Waals surface area contributed by atoms with Gasteiger partial charge < -0.3 is 4.98 Å². The van der Waals surface area contributed by atoms with Gasteiger partial charge in [0.25, 0.3) is 0 Å². The topological polar surface area (TPSA) is 63.0 Å². The SMILES string of the molecule is O=c1[nH]c2cccnc2n1N=Cc1ccccc1. The molecule has 0 saturated carbocycles. The molecule has 0 bridgehead atoms. The molecule has 0 aliphatic heterocycles. The van der Waals surface area contributed by atoms with Gasteiger partial charge in [0.2, 0.25) is 0 Å². The van der Waals surface area contributed by atoms with Gasteiger partial charge in [0.15, 0.2) is 5.65 Å². The predicted molar refractivity (Wildman–Crippen MR) is 69.8 cm³/mol. The van der Waals surface area contributed by atoms with Gasteiger partial charge in [0, 0.05) is 6.20 Å². The van der Waals surface area contributed by atoms with Crippen molar-refractivity contribution in [1.82, 2.24) is 14.6 Å². The van der Waals surface area contributed by atoms with Gasteiger partial charge in [0.05, 0.1) is 11.7 Å². The summed E-state index contributed by atoms with van der Waals surface area (Å²) in [5, 5.41) is 4.15. The number of hydrogen-bond acceptors (Lipinski definition) is 3. The normalized spacial score (nSPS) is 11.3. The summed E-state index contributed by atoms with van der Waals surface area (Å²) in [6.45, 7) is 0. The molecular formula is C13H10N4O. The number of imidazole rings is 1. The average molecular weight is 238 g/mol. The Morgan fingerprint density at radius 1 is 1.17 bits per heavy atom. The molecule has 0 saturated heterocycles. The van der Waals surface area contributed by atoms with Crippen molar-refractivity contribution >= 4 is 17.4 Å². The van der Waals surface area contributed by atoms with Crippen LogP contribution in [0.2, 0.25) is 0 Å². The third-order valence-corrected chi connectivity index (χ3v) is 2.54. The molecule has 0 aliphatic rings. The van der Waals surface area contributed by atoms with E-state index in [9.17, 15) is 4.79 Å². The summed E-state index contributed by atoms with van der Waals surface area (Å²) in [5.74, 6) is 0. The predicted octanol–water partition coefficient (Wildman–Crippen LogP) is 1.61. The summed E-state index contributed by atoms with van der Waals surface area (Å²) in [6.07, 6.45) is 3.26. The number of pyridine rings is 1. The van der Waals surface area contributed by atoms with Gasteiger partial charge in [-0.3, -0.25) is 0 Å². The minimum atomic E-state index is -0.295. The fourth-order valence-electron chi connectivity index (χ4n) is 1.70. The maximum Gasteiger partial charge on any atom is 0.348 e. The second kappa shape index (κ2) is 4.29. The van der Waals surface area contributed by atoms with E-state index in [1.807, 2.05) is 30.3 Å². The van der Waals surface area contributed by atoms with Gasteiger partial charge in [0.1, 0.15) is 0 Å². The van der Waals surface area contributed by atoms with Crippen LogP contribution in [0.15, 0.2) is 58.6 Å². The smallest absolute Gasteiger partial charge is 0.303 e. The van der Waals surface area contributed by atoms with Gasteiger partial charge in [-0.15, -0.1) is 0 Å². The quantitative estimate of drug-likeness (QED) is 0.689. The Balaban J connectivity index is 2.08. The zero-order chi connectivity index (χ0) is 12.4. The van der Waals surface area contributed by atoms with Crippen molar-refractivity contribution in [3.8, 4) is 0 Å². The Kier molecular flexibility index (Phi) is 2.49. The lowest BCUT2D eigenvalue weighted by Gasteiger charge is -1.93. The highest BCUT2D eigenvalue weighted by molar-refractivity contribution is 5.80. The van der Waals surface area contributed by atoms with Gasteiger partial charge in [-0.25, -0.2) is 9.78 Å². The Bertz CT molecular complexity index is 755. The van der Waals surface area contributed by atoms with E-state index in [-0.39, 0.29) is 5.69 Å². The summed E-state index contributed by atoms with van der Waals surface area (Å²) >= 11 is 0. The van der Waals surface area contributed by atoms with Crippen LogP contribution in [-0.4, -0.2) is 20.9 Å². The molecule has 0 fully saturated rings. The van der Waals surface area contributed by atoms with E-state index in [2.05, 4.69) is 15.1 Å². The van der Waals surface area contributed by atoms with E-state index >= 15 is 0 Å². The van der Waals surface area contributed by atoms with Crippen LogP contribution in [0.3, 0.4) is 0 Å². The number of nitrogens with one attached hydrogen (secondary N) is 1. The van der Waals surface area contributed by atoms with Gasteiger partial charge in [-0.2, -0.15) is 9.78 Å². The summed E-state index contributed by atoms with van der Waals surface area (Å²) in [6, 6.07) is 13.1. The van der Waals surface area contributed by atoms with Crippen LogP contribution in [0.25, 0.3) is 11.2 Å². The first kappa shape index (κ1) is 10.5. The van der Waals surface area contributed by atoms with Crippen molar-refractivity contribution in [3.63, 3.8) is 0 Å². The largest absolute Gasteiger partial charge is 0.348 e. The van der Waals surface area contributed by atoms with Crippen LogP contribution in [-0.2, 0) is 0 Å². The highest BCUT2D eigenvalue weighted by Gasteiger charge is 2.04. The average Bonchev–Trinajstić information content (AvgIpc) is 2.73. The van der Waals surface area contributed by atoms with Crippen LogP contribution in [0.5, 0.6) is 0 Å². The molecule has 0 atom stereocenters. The number of rotatable bonds is 2. The molecular weight excluding hydrogens is 228 g/mol. The fourth-order valence-corrected chi connectivity index (χ4v) is 1.70. The number of fused-ring (bicyclic) bond motifs is 1. The molecule has 88 valence electrons. The summed E-state index contributed by atoms with van der Waals surface area (Å²) < 4.78 is 1.25. The van der Waals surface area contributed by atoms with Crippen LogP contribution in [0.1, 0.15) is 5.56 Å². The van der Waals surface area contributed by atoms with Crippen molar-refractivity contribution in [2.45, 2.75) is 0 Å². The molecule has 5 nitrogen and oxygen atoms in total. The standard InChI is InChI=1S/C13H10N4O/c18-13-16-11-7-4-8-14-12(11)17(13)15-9-10-5-2-1-3-6-10/h1-9H,(H,16,18). The lowest BCUT2D eigenvalue weighted by molar-refractivity contribution is 0.852. The van der Waals surface area contributed by atoms with Crippen molar-refractivity contribution in [2.24, 2.45) is 5.10 Å². The molecule has 0 aliphatic carbocycles. The lowest BCUT2D eigenvalue weighted by atomic mass is 10.2. The molecule has 0 amide bonds. The van der Waals surface area contributed by atoms with Gasteiger partial charge in [-0.05, 0) is 17.7 Å². The molecule has 2 heterocycles. The van der Waals surface area contributed by atoms with E-state index in [0.717, 1.165) is 5.56 Å². The molecule has 1 aromatic carbocycles.